The van der Waals surface area contributed by atoms with E-state index in [1.165, 1.54) is 0 Å². The van der Waals surface area contributed by atoms with E-state index in [1.807, 2.05) is 13.8 Å². The maximum Gasteiger partial charge on any atom is 0.116 e. The summed E-state index contributed by atoms with van der Waals surface area (Å²) in [5.74, 6) is 0.0778. The maximum atomic E-state index is 14.1. The lowest BCUT2D eigenvalue weighted by Gasteiger charge is -2.36. The maximum absolute atomic E-state index is 14.1. The molecule has 0 nitrogen and oxygen atoms in total. The van der Waals surface area contributed by atoms with Crippen molar-refractivity contribution in [2.24, 2.45) is 11.3 Å². The van der Waals surface area contributed by atoms with E-state index in [4.69, 9.17) is 0 Å². The van der Waals surface area contributed by atoms with Crippen LogP contribution in [0.25, 0.3) is 0 Å². The summed E-state index contributed by atoms with van der Waals surface area (Å²) in [6.45, 7) is 5.02. The molecule has 0 aliphatic heterocycles. The molecule has 0 aromatic heterocycles. The third-order valence-electron chi connectivity index (χ3n) is 3.88. The zero-order valence-electron chi connectivity index (χ0n) is 8.16. The van der Waals surface area contributed by atoms with Gasteiger partial charge in [-0.1, -0.05) is 13.8 Å². The second kappa shape index (κ2) is 2.97. The van der Waals surface area contributed by atoms with Gasteiger partial charge in [-0.05, 0) is 32.1 Å². The lowest BCUT2D eigenvalue weighted by Crippen LogP contribution is -2.39. The van der Waals surface area contributed by atoms with Gasteiger partial charge in [0.15, 0.2) is 0 Å². The third-order valence-corrected chi connectivity index (χ3v) is 3.88. The molecule has 2 heteroatoms. The molecule has 12 heavy (non-hydrogen) atoms. The minimum Gasteiger partial charge on any atom is -0.251 e. The highest BCUT2D eigenvalue weighted by molar-refractivity contribution is 5.02. The lowest BCUT2D eigenvalue weighted by atomic mass is 9.74. The van der Waals surface area contributed by atoms with Gasteiger partial charge in [-0.25, -0.2) is 4.39 Å². The molecular formula is C10H18F2. The first-order valence-electron chi connectivity index (χ1n) is 4.69. The fraction of sp³-hybridized carbons (Fsp3) is 1.00. The van der Waals surface area contributed by atoms with Crippen LogP contribution in [0.5, 0.6) is 0 Å². The van der Waals surface area contributed by atoms with Crippen molar-refractivity contribution < 1.29 is 8.78 Å². The molecular weight excluding hydrogens is 158 g/mol. The number of halogens is 2. The Bertz CT molecular complexity index is 161. The SMILES string of the molecule is CC1CCC(C)(CCF)C1(C)F. The molecule has 0 N–H and O–H groups in total. The molecule has 3 unspecified atom stereocenters. The minimum absolute atomic E-state index is 0.0778. The van der Waals surface area contributed by atoms with Crippen molar-refractivity contribution in [3.8, 4) is 0 Å². The van der Waals surface area contributed by atoms with Crippen molar-refractivity contribution in [3.63, 3.8) is 0 Å². The Morgan fingerprint density at radius 1 is 1.42 bits per heavy atom. The van der Waals surface area contributed by atoms with E-state index >= 15 is 0 Å². The monoisotopic (exact) mass is 176 g/mol. The van der Waals surface area contributed by atoms with Gasteiger partial charge in [0, 0.05) is 5.41 Å². The second-order valence-electron chi connectivity index (χ2n) is 4.51. The van der Waals surface area contributed by atoms with Crippen LogP contribution in [0.1, 0.15) is 40.0 Å². The van der Waals surface area contributed by atoms with Gasteiger partial charge in [0.25, 0.3) is 0 Å². The largest absolute Gasteiger partial charge is 0.251 e. The highest BCUT2D eigenvalue weighted by atomic mass is 19.1. The number of alkyl halides is 2. The molecule has 0 spiro atoms. The van der Waals surface area contributed by atoms with Gasteiger partial charge in [0.05, 0.1) is 6.67 Å². The summed E-state index contributed by atoms with van der Waals surface area (Å²) in [6, 6.07) is 0. The van der Waals surface area contributed by atoms with E-state index in [9.17, 15) is 8.78 Å². The van der Waals surface area contributed by atoms with E-state index in [2.05, 4.69) is 0 Å². The second-order valence-corrected chi connectivity index (χ2v) is 4.51. The Hall–Kier alpha value is -0.140. The summed E-state index contributed by atoms with van der Waals surface area (Å²) in [5.41, 5.74) is -1.61. The van der Waals surface area contributed by atoms with E-state index in [1.54, 1.807) is 6.92 Å². The highest BCUT2D eigenvalue weighted by Gasteiger charge is 2.53. The molecule has 1 rings (SSSR count). The predicted octanol–water partition coefficient (Wildman–Crippen LogP) is 3.51. The highest BCUT2D eigenvalue weighted by Crippen LogP contribution is 2.53. The summed E-state index contributed by atoms with van der Waals surface area (Å²) < 4.78 is 26.3. The molecule has 0 bridgehead atoms. The van der Waals surface area contributed by atoms with Crippen LogP contribution in [0.3, 0.4) is 0 Å². The molecule has 72 valence electrons. The van der Waals surface area contributed by atoms with Crippen LogP contribution in [-0.4, -0.2) is 12.3 Å². The smallest absolute Gasteiger partial charge is 0.116 e. The molecule has 0 aromatic rings. The summed E-state index contributed by atoms with van der Waals surface area (Å²) in [5, 5.41) is 0. The minimum atomic E-state index is -1.18. The molecule has 0 amide bonds. The molecule has 1 aliphatic carbocycles. The number of rotatable bonds is 2. The van der Waals surface area contributed by atoms with E-state index in [0.29, 0.717) is 6.42 Å². The average molecular weight is 176 g/mol. The van der Waals surface area contributed by atoms with Crippen LogP contribution in [0.4, 0.5) is 8.78 Å². The van der Waals surface area contributed by atoms with Gasteiger partial charge in [0.1, 0.15) is 5.67 Å². The first kappa shape index (κ1) is 9.94. The van der Waals surface area contributed by atoms with Crippen molar-refractivity contribution >= 4 is 0 Å². The lowest BCUT2D eigenvalue weighted by molar-refractivity contribution is 0.0110. The average Bonchev–Trinajstić information content (AvgIpc) is 2.16. The summed E-state index contributed by atoms with van der Waals surface area (Å²) >= 11 is 0. The number of hydrogen-bond acceptors (Lipinski definition) is 0. The molecule has 0 aromatic carbocycles. The molecule has 0 radical (unpaired) electrons. The zero-order chi connectivity index (χ0) is 9.41. The van der Waals surface area contributed by atoms with Crippen molar-refractivity contribution in [3.05, 3.63) is 0 Å². The summed E-state index contributed by atoms with van der Waals surface area (Å²) in [6.07, 6.45) is 2.08. The van der Waals surface area contributed by atoms with Crippen LogP contribution in [0.2, 0.25) is 0 Å². The number of hydrogen-bond donors (Lipinski definition) is 0. The Morgan fingerprint density at radius 3 is 2.33 bits per heavy atom. The standard InChI is InChI=1S/C10H18F2/c1-8-4-5-9(2,6-7-11)10(8,3)12/h8H,4-7H2,1-3H3. The fourth-order valence-corrected chi connectivity index (χ4v) is 2.22. The molecule has 3 atom stereocenters. The Labute approximate surface area is 73.3 Å². The van der Waals surface area contributed by atoms with E-state index in [0.717, 1.165) is 12.8 Å². The topological polar surface area (TPSA) is 0 Å². The van der Waals surface area contributed by atoms with Gasteiger partial charge in [0.2, 0.25) is 0 Å². The van der Waals surface area contributed by atoms with Gasteiger partial charge in [-0.2, -0.15) is 0 Å². The van der Waals surface area contributed by atoms with Crippen molar-refractivity contribution in [1.29, 1.82) is 0 Å². The Balaban J connectivity index is 2.78. The molecule has 1 fully saturated rings. The first-order valence-corrected chi connectivity index (χ1v) is 4.69. The Morgan fingerprint density at radius 2 is 2.00 bits per heavy atom. The predicted molar refractivity (Wildman–Crippen MR) is 46.6 cm³/mol. The van der Waals surface area contributed by atoms with Crippen molar-refractivity contribution in [1.82, 2.24) is 0 Å². The van der Waals surface area contributed by atoms with Crippen LogP contribution in [-0.2, 0) is 0 Å². The van der Waals surface area contributed by atoms with Gasteiger partial charge in [-0.15, -0.1) is 0 Å². The fourth-order valence-electron chi connectivity index (χ4n) is 2.22. The van der Waals surface area contributed by atoms with Gasteiger partial charge in [-0.3, -0.25) is 4.39 Å². The summed E-state index contributed by atoms with van der Waals surface area (Å²) in [7, 11) is 0. The van der Waals surface area contributed by atoms with Crippen molar-refractivity contribution in [2.45, 2.75) is 45.7 Å². The van der Waals surface area contributed by atoms with Crippen LogP contribution in [0.15, 0.2) is 0 Å². The quantitative estimate of drug-likeness (QED) is 0.604. The molecule has 0 heterocycles. The third kappa shape index (κ3) is 1.25. The van der Waals surface area contributed by atoms with Crippen LogP contribution >= 0.6 is 0 Å². The van der Waals surface area contributed by atoms with Crippen LogP contribution < -0.4 is 0 Å². The van der Waals surface area contributed by atoms with Crippen molar-refractivity contribution in [2.75, 3.05) is 6.67 Å². The molecule has 1 saturated carbocycles. The van der Waals surface area contributed by atoms with Gasteiger partial charge < -0.3 is 0 Å². The Kier molecular flexibility index (Phi) is 2.46. The van der Waals surface area contributed by atoms with Crippen LogP contribution in [0, 0.1) is 11.3 Å². The summed E-state index contributed by atoms with van der Waals surface area (Å²) in [4.78, 5) is 0. The normalized spacial score (nSPS) is 48.2. The first-order chi connectivity index (χ1) is 5.44. The molecule has 1 aliphatic rings. The zero-order valence-corrected chi connectivity index (χ0v) is 8.16. The van der Waals surface area contributed by atoms with Gasteiger partial charge >= 0.3 is 0 Å². The molecule has 0 saturated heterocycles. The van der Waals surface area contributed by atoms with E-state index < -0.39 is 17.8 Å². The van der Waals surface area contributed by atoms with E-state index in [-0.39, 0.29) is 5.92 Å².